The van der Waals surface area contributed by atoms with Crippen LogP contribution < -0.4 is 20.7 Å². The predicted octanol–water partition coefficient (Wildman–Crippen LogP) is 4.01. The maximum atomic E-state index is 13.8. The lowest BCUT2D eigenvalue weighted by atomic mass is 9.93. The molecule has 11 heteroatoms. The van der Waals surface area contributed by atoms with Crippen LogP contribution in [0.15, 0.2) is 55.1 Å². The van der Waals surface area contributed by atoms with Crippen molar-refractivity contribution in [1.29, 1.82) is 0 Å². The van der Waals surface area contributed by atoms with E-state index in [-0.39, 0.29) is 12.2 Å². The van der Waals surface area contributed by atoms with Crippen LogP contribution in [0.4, 0.5) is 26.0 Å². The van der Waals surface area contributed by atoms with Crippen molar-refractivity contribution in [3.05, 3.63) is 66.8 Å². The monoisotopic (exact) mass is 493 g/mol. The van der Waals surface area contributed by atoms with Crippen molar-refractivity contribution >= 4 is 34.0 Å². The molecule has 1 amide bonds. The Morgan fingerprint density at radius 2 is 2.06 bits per heavy atom. The van der Waals surface area contributed by atoms with Gasteiger partial charge in [0.25, 0.3) is 0 Å². The van der Waals surface area contributed by atoms with Gasteiger partial charge in [0.05, 0.1) is 23.1 Å². The van der Waals surface area contributed by atoms with E-state index in [1.54, 1.807) is 6.20 Å². The molecule has 1 saturated carbocycles. The number of hydrogen-bond acceptors (Lipinski definition) is 7. The number of halogens is 2. The molecule has 2 aromatic heterocycles. The zero-order valence-electron chi connectivity index (χ0n) is 19.4. The van der Waals surface area contributed by atoms with Crippen molar-refractivity contribution in [2.75, 3.05) is 23.8 Å². The maximum Gasteiger partial charge on any atom is 0.246 e. The summed E-state index contributed by atoms with van der Waals surface area (Å²) in [5.41, 5.74) is 1.10. The van der Waals surface area contributed by atoms with Gasteiger partial charge in [-0.15, -0.1) is 0 Å². The van der Waals surface area contributed by atoms with Gasteiger partial charge in [0, 0.05) is 30.2 Å². The molecule has 0 atom stereocenters. The van der Waals surface area contributed by atoms with Crippen LogP contribution >= 0.6 is 0 Å². The van der Waals surface area contributed by atoms with E-state index in [1.165, 1.54) is 48.6 Å². The lowest BCUT2D eigenvalue weighted by Gasteiger charge is -2.26. The van der Waals surface area contributed by atoms with E-state index in [2.05, 4.69) is 31.0 Å². The summed E-state index contributed by atoms with van der Waals surface area (Å²) in [5, 5.41) is 13.9. The fourth-order valence-electron chi connectivity index (χ4n) is 3.86. The Bertz CT molecular complexity index is 1370. The molecule has 186 valence electrons. The first-order valence-electron chi connectivity index (χ1n) is 11.7. The molecule has 1 aliphatic carbocycles. The second-order valence-electron chi connectivity index (χ2n) is 8.53. The van der Waals surface area contributed by atoms with Gasteiger partial charge >= 0.3 is 0 Å². The molecule has 5 rings (SSSR count). The molecule has 0 unspecified atom stereocenters. The van der Waals surface area contributed by atoms with E-state index < -0.39 is 17.5 Å². The third kappa shape index (κ3) is 5.57. The summed E-state index contributed by atoms with van der Waals surface area (Å²) in [6, 6.07) is 9.84. The number of fused-ring (bicyclic) bond motifs is 1. The van der Waals surface area contributed by atoms with Gasteiger partial charge in [-0.1, -0.05) is 12.5 Å². The molecule has 2 heterocycles. The van der Waals surface area contributed by atoms with E-state index in [1.807, 2.05) is 18.2 Å². The number of aromatic nitrogens is 4. The van der Waals surface area contributed by atoms with E-state index in [0.29, 0.717) is 24.2 Å². The van der Waals surface area contributed by atoms with Gasteiger partial charge < -0.3 is 20.7 Å². The van der Waals surface area contributed by atoms with Gasteiger partial charge in [-0.05, 0) is 37.1 Å². The highest BCUT2D eigenvalue weighted by Crippen LogP contribution is 2.26. The third-order valence-electron chi connectivity index (χ3n) is 5.94. The minimum atomic E-state index is -1.11. The number of carbonyl (C=O) groups excluding carboxylic acids is 1. The molecule has 9 nitrogen and oxygen atoms in total. The molecule has 0 saturated heterocycles. The summed E-state index contributed by atoms with van der Waals surface area (Å²) in [5.74, 6) is -1.38. The summed E-state index contributed by atoms with van der Waals surface area (Å²) in [7, 11) is 0. The summed E-state index contributed by atoms with van der Waals surface area (Å²) in [6.45, 7) is 1.20. The molecule has 1 fully saturated rings. The number of ether oxygens (including phenoxy) is 1. The SMILES string of the molecule is O=C(Cn1cc(Nc2ncnc3cc(OCCNC4CCC4)ccc23)cn1)Nc1cccc(F)c1F. The average Bonchev–Trinajstić information content (AvgIpc) is 3.27. The lowest BCUT2D eigenvalue weighted by molar-refractivity contribution is -0.116. The summed E-state index contributed by atoms with van der Waals surface area (Å²) in [6.07, 6.45) is 8.39. The smallest absolute Gasteiger partial charge is 0.246 e. The number of hydrogen-bond donors (Lipinski definition) is 3. The lowest BCUT2D eigenvalue weighted by Crippen LogP contribution is -2.37. The van der Waals surface area contributed by atoms with Crippen LogP contribution in [0, 0.1) is 11.6 Å². The first-order chi connectivity index (χ1) is 17.5. The molecule has 3 N–H and O–H groups in total. The molecule has 36 heavy (non-hydrogen) atoms. The largest absolute Gasteiger partial charge is 0.492 e. The van der Waals surface area contributed by atoms with Crippen LogP contribution in [-0.4, -0.2) is 44.8 Å². The Kier molecular flexibility index (Phi) is 6.99. The Morgan fingerprint density at radius 1 is 1.17 bits per heavy atom. The van der Waals surface area contributed by atoms with Gasteiger partial charge in [0.2, 0.25) is 5.91 Å². The normalized spacial score (nSPS) is 13.4. The van der Waals surface area contributed by atoms with E-state index in [4.69, 9.17) is 4.74 Å². The third-order valence-corrected chi connectivity index (χ3v) is 5.94. The Labute approximate surface area is 205 Å². The van der Waals surface area contributed by atoms with Crippen LogP contribution in [0.3, 0.4) is 0 Å². The van der Waals surface area contributed by atoms with E-state index in [9.17, 15) is 13.6 Å². The zero-order chi connectivity index (χ0) is 24.9. The second-order valence-corrected chi connectivity index (χ2v) is 8.53. The fraction of sp³-hybridized carbons (Fsp3) is 0.280. The van der Waals surface area contributed by atoms with Gasteiger partial charge in [-0.3, -0.25) is 9.48 Å². The minimum Gasteiger partial charge on any atom is -0.492 e. The molecular weight excluding hydrogens is 468 g/mol. The Morgan fingerprint density at radius 3 is 2.89 bits per heavy atom. The molecule has 0 aliphatic heterocycles. The second kappa shape index (κ2) is 10.6. The van der Waals surface area contributed by atoms with Gasteiger partial charge in [-0.2, -0.15) is 5.10 Å². The number of nitrogens with one attached hydrogen (secondary N) is 3. The highest BCUT2D eigenvalue weighted by Gasteiger charge is 2.16. The molecule has 0 radical (unpaired) electrons. The van der Waals surface area contributed by atoms with Crippen molar-refractivity contribution in [3.63, 3.8) is 0 Å². The molecule has 4 aromatic rings. The van der Waals surface area contributed by atoms with Crippen molar-refractivity contribution in [2.45, 2.75) is 31.8 Å². The van der Waals surface area contributed by atoms with Crippen LogP contribution in [-0.2, 0) is 11.3 Å². The molecule has 1 aliphatic rings. The van der Waals surface area contributed by atoms with E-state index >= 15 is 0 Å². The van der Waals surface area contributed by atoms with Crippen LogP contribution in [0.5, 0.6) is 5.75 Å². The van der Waals surface area contributed by atoms with E-state index in [0.717, 1.165) is 29.3 Å². The standard InChI is InChI=1S/C25H25F2N7O2/c26-20-5-2-6-21(24(20)27)33-23(35)14-34-13-17(12-31-34)32-25-19-8-7-18(11-22(19)29-15-30-25)36-10-9-28-16-3-1-4-16/h2,5-8,11-13,15-16,28H,1,3-4,9-10,14H2,(H,33,35)(H,29,30,32). The molecule has 0 bridgehead atoms. The van der Waals surface area contributed by atoms with Crippen LogP contribution in [0.2, 0.25) is 0 Å². The first-order valence-corrected chi connectivity index (χ1v) is 11.7. The predicted molar refractivity (Wildman–Crippen MR) is 131 cm³/mol. The van der Waals surface area contributed by atoms with Crippen LogP contribution in [0.25, 0.3) is 10.9 Å². The number of amides is 1. The quantitative estimate of drug-likeness (QED) is 0.287. The first kappa shape index (κ1) is 23.6. The van der Waals surface area contributed by atoms with Crippen molar-refractivity contribution < 1.29 is 18.3 Å². The number of anilines is 3. The van der Waals surface area contributed by atoms with Crippen molar-refractivity contribution in [1.82, 2.24) is 25.1 Å². The summed E-state index contributed by atoms with van der Waals surface area (Å²) in [4.78, 5) is 20.9. The van der Waals surface area contributed by atoms with Gasteiger partial charge in [0.1, 0.15) is 31.0 Å². The number of carbonyl (C=O) groups is 1. The molecule has 2 aromatic carbocycles. The topological polar surface area (TPSA) is 106 Å². The number of rotatable bonds is 10. The average molecular weight is 494 g/mol. The number of benzene rings is 2. The highest BCUT2D eigenvalue weighted by atomic mass is 19.2. The Balaban J connectivity index is 1.19. The molecular formula is C25H25F2N7O2. The minimum absolute atomic E-state index is 0.182. The summed E-state index contributed by atoms with van der Waals surface area (Å²) < 4.78 is 34.3. The number of nitrogens with zero attached hydrogens (tertiary/aromatic N) is 4. The van der Waals surface area contributed by atoms with Gasteiger partial charge in [0.15, 0.2) is 11.6 Å². The zero-order valence-corrected chi connectivity index (χ0v) is 19.4. The summed E-state index contributed by atoms with van der Waals surface area (Å²) >= 11 is 0. The van der Waals surface area contributed by atoms with Crippen molar-refractivity contribution in [3.8, 4) is 5.75 Å². The maximum absolute atomic E-state index is 13.8. The van der Waals surface area contributed by atoms with Crippen LogP contribution in [0.1, 0.15) is 19.3 Å². The fourth-order valence-corrected chi connectivity index (χ4v) is 3.86. The van der Waals surface area contributed by atoms with Crippen molar-refractivity contribution in [2.24, 2.45) is 0 Å². The molecule has 0 spiro atoms. The van der Waals surface area contributed by atoms with Gasteiger partial charge in [-0.25, -0.2) is 18.7 Å². The Hall–Kier alpha value is -4.12. The highest BCUT2D eigenvalue weighted by molar-refractivity contribution is 5.92.